The van der Waals surface area contributed by atoms with Crippen LogP contribution in [0.25, 0.3) is 0 Å². The Kier molecular flexibility index (Phi) is 4.54. The third-order valence-electron chi connectivity index (χ3n) is 3.62. The highest BCUT2D eigenvalue weighted by Gasteiger charge is 2.38. The van der Waals surface area contributed by atoms with E-state index in [-0.39, 0.29) is 16.9 Å². The summed E-state index contributed by atoms with van der Waals surface area (Å²) in [6.45, 7) is 2.42. The van der Waals surface area contributed by atoms with E-state index in [0.29, 0.717) is 10.9 Å². The number of carbonyl (C=O) groups is 1. The summed E-state index contributed by atoms with van der Waals surface area (Å²) >= 11 is 6.78. The largest absolute Gasteiger partial charge is 0.508 e. The fraction of sp³-hybridized carbons (Fsp3) is 0.176. The molecule has 1 aliphatic heterocycles. The number of rotatable bonds is 4. The van der Waals surface area contributed by atoms with E-state index in [0.717, 1.165) is 16.9 Å². The molecule has 2 N–H and O–H groups in total. The number of anilines is 2. The third kappa shape index (κ3) is 3.33. The molecular formula is C17H16N2O2S2. The fourth-order valence-electron chi connectivity index (χ4n) is 2.45. The highest BCUT2D eigenvalue weighted by molar-refractivity contribution is 8.25. The van der Waals surface area contributed by atoms with Crippen LogP contribution in [0.2, 0.25) is 0 Å². The van der Waals surface area contributed by atoms with Crippen molar-refractivity contribution in [3.05, 3.63) is 54.1 Å². The fourth-order valence-corrected chi connectivity index (χ4v) is 3.89. The van der Waals surface area contributed by atoms with Gasteiger partial charge in [0.05, 0.1) is 5.69 Å². The van der Waals surface area contributed by atoms with E-state index in [1.165, 1.54) is 11.8 Å². The van der Waals surface area contributed by atoms with Gasteiger partial charge in [-0.3, -0.25) is 9.69 Å². The summed E-state index contributed by atoms with van der Waals surface area (Å²) in [7, 11) is 0. The van der Waals surface area contributed by atoms with Gasteiger partial charge < -0.3 is 10.4 Å². The van der Waals surface area contributed by atoms with Crippen LogP contribution in [0.1, 0.15) is 5.56 Å². The first-order chi connectivity index (χ1) is 11.1. The molecule has 23 heavy (non-hydrogen) atoms. The maximum absolute atomic E-state index is 12.7. The number of nitrogens with zero attached hydrogens (tertiary/aromatic N) is 1. The lowest BCUT2D eigenvalue weighted by Crippen LogP contribution is -2.34. The minimum absolute atomic E-state index is 0.0121. The van der Waals surface area contributed by atoms with Gasteiger partial charge >= 0.3 is 0 Å². The number of benzene rings is 2. The molecule has 1 heterocycles. The second-order valence-corrected chi connectivity index (χ2v) is 7.10. The zero-order valence-corrected chi connectivity index (χ0v) is 14.2. The van der Waals surface area contributed by atoms with Crippen LogP contribution in [-0.4, -0.2) is 27.1 Å². The maximum Gasteiger partial charge on any atom is 0.247 e. The first kappa shape index (κ1) is 15.8. The molecule has 1 saturated heterocycles. The lowest BCUT2D eigenvalue weighted by Gasteiger charge is -2.18. The van der Waals surface area contributed by atoms with Gasteiger partial charge in [-0.1, -0.05) is 48.2 Å². The lowest BCUT2D eigenvalue weighted by atomic mass is 10.2. The van der Waals surface area contributed by atoms with E-state index in [2.05, 4.69) is 5.32 Å². The molecule has 2 aromatic rings. The summed E-state index contributed by atoms with van der Waals surface area (Å²) in [6.07, 6.45) is 0. The average molecular weight is 344 g/mol. The topological polar surface area (TPSA) is 52.6 Å². The minimum Gasteiger partial charge on any atom is -0.508 e. The Morgan fingerprint density at radius 1 is 1.26 bits per heavy atom. The van der Waals surface area contributed by atoms with Gasteiger partial charge in [-0.25, -0.2) is 0 Å². The van der Waals surface area contributed by atoms with Gasteiger partial charge in [0.1, 0.15) is 15.3 Å². The van der Waals surface area contributed by atoms with Crippen LogP contribution in [0.3, 0.4) is 0 Å². The van der Waals surface area contributed by atoms with Gasteiger partial charge in [0.25, 0.3) is 0 Å². The maximum atomic E-state index is 12.7. The average Bonchev–Trinajstić information content (AvgIpc) is 2.80. The van der Waals surface area contributed by atoms with Crippen molar-refractivity contribution in [3.63, 3.8) is 0 Å². The van der Waals surface area contributed by atoms with Crippen LogP contribution in [0.5, 0.6) is 5.75 Å². The van der Waals surface area contributed by atoms with Crippen molar-refractivity contribution in [2.45, 2.75) is 12.2 Å². The quantitative estimate of drug-likeness (QED) is 0.831. The molecule has 1 aliphatic rings. The number of thiocarbonyl (C=S) groups is 1. The molecule has 2 aromatic carbocycles. The SMILES string of the molecule is Cc1ccccc1N1C(=O)C(CNc2cccc(O)c2)SC1=S. The summed E-state index contributed by atoms with van der Waals surface area (Å²) in [5.41, 5.74) is 2.64. The van der Waals surface area contributed by atoms with E-state index < -0.39 is 0 Å². The van der Waals surface area contributed by atoms with Crippen LogP contribution in [-0.2, 0) is 4.79 Å². The van der Waals surface area contributed by atoms with E-state index in [4.69, 9.17) is 12.2 Å². The number of carbonyl (C=O) groups excluding carboxylic acids is 1. The van der Waals surface area contributed by atoms with E-state index in [1.807, 2.05) is 37.3 Å². The first-order valence-electron chi connectivity index (χ1n) is 7.19. The molecule has 1 fully saturated rings. The standard InChI is InChI=1S/C17H16N2O2S2/c1-11-5-2-3-8-14(11)19-16(21)15(23-17(19)22)10-18-12-6-4-7-13(20)9-12/h2-9,15,18,20H,10H2,1H3. The first-order valence-corrected chi connectivity index (χ1v) is 8.48. The molecule has 0 spiro atoms. The number of aromatic hydroxyl groups is 1. The van der Waals surface area contributed by atoms with Gasteiger partial charge in [-0.2, -0.15) is 0 Å². The molecule has 0 radical (unpaired) electrons. The predicted molar refractivity (Wildman–Crippen MR) is 99.2 cm³/mol. The number of para-hydroxylation sites is 1. The normalized spacial score (nSPS) is 17.6. The van der Waals surface area contributed by atoms with Crippen LogP contribution in [0, 0.1) is 6.92 Å². The van der Waals surface area contributed by atoms with Crippen LogP contribution < -0.4 is 10.2 Å². The second kappa shape index (κ2) is 6.60. The number of phenols is 1. The van der Waals surface area contributed by atoms with Crippen molar-refractivity contribution in [1.29, 1.82) is 0 Å². The summed E-state index contributed by atoms with van der Waals surface area (Å²) in [4.78, 5) is 14.3. The van der Waals surface area contributed by atoms with Crippen LogP contribution in [0.4, 0.5) is 11.4 Å². The summed E-state index contributed by atoms with van der Waals surface area (Å²) in [5, 5.41) is 12.4. The van der Waals surface area contributed by atoms with Crippen LogP contribution >= 0.6 is 24.0 Å². The molecule has 6 heteroatoms. The monoisotopic (exact) mass is 344 g/mol. The molecule has 0 bridgehead atoms. The third-order valence-corrected chi connectivity index (χ3v) is 5.12. The van der Waals surface area contributed by atoms with Gasteiger partial charge in [0, 0.05) is 18.3 Å². The predicted octanol–water partition coefficient (Wildman–Crippen LogP) is 3.55. The highest BCUT2D eigenvalue weighted by Crippen LogP contribution is 2.33. The molecule has 1 amide bonds. The number of thioether (sulfide) groups is 1. The van der Waals surface area contributed by atoms with Gasteiger partial charge in [-0.15, -0.1) is 0 Å². The Bertz CT molecular complexity index is 764. The Hall–Kier alpha value is -2.05. The molecule has 3 rings (SSSR count). The van der Waals surface area contributed by atoms with E-state index in [9.17, 15) is 9.90 Å². The molecule has 0 aromatic heterocycles. The van der Waals surface area contributed by atoms with Gasteiger partial charge in [-0.05, 0) is 30.7 Å². The van der Waals surface area contributed by atoms with Crippen molar-refractivity contribution in [2.75, 3.05) is 16.8 Å². The number of amides is 1. The number of hydrogen-bond donors (Lipinski definition) is 2. The number of nitrogens with one attached hydrogen (secondary N) is 1. The second-order valence-electron chi connectivity index (χ2n) is 5.26. The zero-order valence-electron chi connectivity index (χ0n) is 12.5. The molecule has 1 unspecified atom stereocenters. The number of hydrogen-bond acceptors (Lipinski definition) is 5. The summed E-state index contributed by atoms with van der Waals surface area (Å²) in [6, 6.07) is 14.6. The lowest BCUT2D eigenvalue weighted by molar-refractivity contribution is -0.116. The minimum atomic E-state index is -0.274. The Labute approximate surface area is 144 Å². The molecular weight excluding hydrogens is 328 g/mol. The Balaban J connectivity index is 1.73. The van der Waals surface area contributed by atoms with Crippen molar-refractivity contribution >= 4 is 45.6 Å². The van der Waals surface area contributed by atoms with Crippen molar-refractivity contribution in [3.8, 4) is 5.75 Å². The molecule has 0 saturated carbocycles. The number of phenolic OH excluding ortho intramolecular Hbond substituents is 1. The highest BCUT2D eigenvalue weighted by atomic mass is 32.2. The molecule has 0 aliphatic carbocycles. The molecule has 4 nitrogen and oxygen atoms in total. The summed E-state index contributed by atoms with van der Waals surface area (Å²) in [5.74, 6) is 0.180. The number of aryl methyl sites for hydroxylation is 1. The van der Waals surface area contributed by atoms with Gasteiger partial charge in [0.2, 0.25) is 5.91 Å². The summed E-state index contributed by atoms with van der Waals surface area (Å²) < 4.78 is 0.576. The van der Waals surface area contributed by atoms with Crippen LogP contribution in [0.15, 0.2) is 48.5 Å². The zero-order chi connectivity index (χ0) is 16.4. The van der Waals surface area contributed by atoms with Gasteiger partial charge in [0.15, 0.2) is 0 Å². The van der Waals surface area contributed by atoms with Crippen molar-refractivity contribution in [2.24, 2.45) is 0 Å². The Morgan fingerprint density at radius 2 is 2.04 bits per heavy atom. The van der Waals surface area contributed by atoms with E-state index in [1.54, 1.807) is 23.1 Å². The molecule has 118 valence electrons. The molecule has 1 atom stereocenters. The smallest absolute Gasteiger partial charge is 0.247 e. The van der Waals surface area contributed by atoms with E-state index >= 15 is 0 Å². The van der Waals surface area contributed by atoms with Crippen molar-refractivity contribution in [1.82, 2.24) is 0 Å². The van der Waals surface area contributed by atoms with Crippen molar-refractivity contribution < 1.29 is 9.90 Å². The Morgan fingerprint density at radius 3 is 2.78 bits per heavy atom.